The number of aliphatic hydroxyl groups excluding tert-OH is 3. The second-order valence-electron chi connectivity index (χ2n) is 4.35. The van der Waals surface area contributed by atoms with Crippen LogP contribution < -0.4 is 11.4 Å². The molecule has 1 saturated heterocycles. The molecule has 1 fully saturated rings. The number of rotatable bonds is 3. The first-order valence-corrected chi connectivity index (χ1v) is 5.82. The Morgan fingerprint density at radius 1 is 1.60 bits per heavy atom. The minimum atomic E-state index is -1.63. The van der Waals surface area contributed by atoms with Crippen LogP contribution in [0.25, 0.3) is 0 Å². The van der Waals surface area contributed by atoms with Gasteiger partial charge in [0.15, 0.2) is 5.72 Å². The van der Waals surface area contributed by atoms with Gasteiger partial charge in [0, 0.05) is 6.20 Å². The van der Waals surface area contributed by atoms with Gasteiger partial charge in [-0.3, -0.25) is 4.57 Å². The van der Waals surface area contributed by atoms with E-state index >= 15 is 0 Å². The van der Waals surface area contributed by atoms with E-state index in [4.69, 9.17) is 20.8 Å². The molecular formula is C11H16N4O5. The summed E-state index contributed by atoms with van der Waals surface area (Å²) in [4.78, 5) is 3.78. The highest BCUT2D eigenvalue weighted by Crippen LogP contribution is 2.35. The van der Waals surface area contributed by atoms with Crippen molar-refractivity contribution in [2.45, 2.75) is 24.0 Å². The highest BCUT2D eigenvalue weighted by Gasteiger charge is 2.54. The highest BCUT2D eigenvalue weighted by atomic mass is 16.6. The predicted octanol–water partition coefficient (Wildman–Crippen LogP) is -2.29. The van der Waals surface area contributed by atoms with Crippen LogP contribution in [0.5, 0.6) is 0 Å². The van der Waals surface area contributed by atoms with Crippen LogP contribution in [-0.2, 0) is 10.5 Å². The third kappa shape index (κ3) is 1.96. The minimum Gasteiger partial charge on any atom is -0.408 e. The van der Waals surface area contributed by atoms with Crippen molar-refractivity contribution in [2.24, 2.45) is 5.16 Å². The van der Waals surface area contributed by atoms with Gasteiger partial charge in [0.05, 0.1) is 6.61 Å². The molecule has 0 bridgehead atoms. The van der Waals surface area contributed by atoms with E-state index in [-0.39, 0.29) is 11.4 Å². The molecule has 9 heteroatoms. The summed E-state index contributed by atoms with van der Waals surface area (Å²) in [5.41, 5.74) is 3.62. The van der Waals surface area contributed by atoms with Crippen molar-refractivity contribution in [3.8, 4) is 0 Å². The summed E-state index contributed by atoms with van der Waals surface area (Å²) in [7, 11) is 0. The van der Waals surface area contributed by atoms with Crippen LogP contribution in [0.1, 0.15) is 0 Å². The molecule has 2 heterocycles. The first-order valence-electron chi connectivity index (χ1n) is 5.82. The monoisotopic (exact) mass is 284 g/mol. The van der Waals surface area contributed by atoms with E-state index in [1.807, 2.05) is 0 Å². The van der Waals surface area contributed by atoms with Crippen LogP contribution in [0.15, 0.2) is 30.1 Å². The van der Waals surface area contributed by atoms with Gasteiger partial charge in [0.2, 0.25) is 0 Å². The fourth-order valence-corrected chi connectivity index (χ4v) is 2.21. The van der Waals surface area contributed by atoms with Crippen molar-refractivity contribution < 1.29 is 25.3 Å². The Kier molecular flexibility index (Phi) is 3.77. The maximum Gasteiger partial charge on any atom is 0.270 e. The summed E-state index contributed by atoms with van der Waals surface area (Å²) in [5.74, 6) is 0.0972. The van der Waals surface area contributed by atoms with Crippen molar-refractivity contribution >= 4 is 5.82 Å². The number of ether oxygens (including phenoxy) is 1. The fourth-order valence-electron chi connectivity index (χ4n) is 2.21. The lowest BCUT2D eigenvalue weighted by atomic mass is 10.0. The summed E-state index contributed by atoms with van der Waals surface area (Å²) in [6, 6.07) is 1.40. The van der Waals surface area contributed by atoms with Crippen LogP contribution in [0.4, 0.5) is 5.82 Å². The zero-order valence-corrected chi connectivity index (χ0v) is 10.5. The lowest BCUT2D eigenvalue weighted by Gasteiger charge is -2.31. The second-order valence-corrected chi connectivity index (χ2v) is 4.35. The molecule has 0 aromatic carbocycles. The number of aromatic nitrogens is 2. The van der Waals surface area contributed by atoms with Gasteiger partial charge in [-0.05, 0) is 17.3 Å². The molecule has 1 aromatic rings. The van der Waals surface area contributed by atoms with E-state index in [1.165, 1.54) is 22.9 Å². The maximum atomic E-state index is 10.2. The largest absolute Gasteiger partial charge is 0.408 e. The van der Waals surface area contributed by atoms with Gasteiger partial charge in [-0.1, -0.05) is 6.58 Å². The third-order valence-electron chi connectivity index (χ3n) is 3.25. The Hall–Kier alpha value is -1.94. The molecule has 1 aromatic heterocycles. The van der Waals surface area contributed by atoms with Gasteiger partial charge < -0.3 is 31.0 Å². The van der Waals surface area contributed by atoms with Crippen LogP contribution in [0, 0.1) is 0 Å². The molecule has 0 aliphatic carbocycles. The van der Waals surface area contributed by atoms with Crippen molar-refractivity contribution in [2.75, 3.05) is 12.3 Å². The lowest BCUT2D eigenvalue weighted by molar-refractivity contribution is -0.115. The van der Waals surface area contributed by atoms with Crippen molar-refractivity contribution in [3.63, 3.8) is 0 Å². The molecule has 4 atom stereocenters. The van der Waals surface area contributed by atoms with Crippen LogP contribution in [0.2, 0.25) is 0 Å². The fraction of sp³-hybridized carbons (Fsp3) is 0.455. The number of aliphatic hydroxyl groups is 3. The number of hydrogen-bond donors (Lipinski definition) is 5. The van der Waals surface area contributed by atoms with Crippen molar-refractivity contribution in [1.29, 1.82) is 0 Å². The Bertz CT molecular complexity index is 574. The molecule has 0 saturated carbocycles. The molecule has 20 heavy (non-hydrogen) atoms. The SMILES string of the molecule is C=C[C@@]1(n2ccc(N)n/c2=N\O)O[C@H](CO)[C@@H](O)[C@H]1O. The summed E-state index contributed by atoms with van der Waals surface area (Å²) >= 11 is 0. The molecular weight excluding hydrogens is 268 g/mol. The van der Waals surface area contributed by atoms with Crippen LogP contribution in [0.3, 0.4) is 0 Å². The zero-order valence-electron chi connectivity index (χ0n) is 10.5. The molecule has 1 aliphatic rings. The van der Waals surface area contributed by atoms with Gasteiger partial charge in [0.25, 0.3) is 5.62 Å². The second kappa shape index (κ2) is 5.21. The van der Waals surface area contributed by atoms with E-state index in [9.17, 15) is 10.2 Å². The normalized spacial score (nSPS) is 34.4. The lowest BCUT2D eigenvalue weighted by Crippen LogP contribution is -2.49. The van der Waals surface area contributed by atoms with Gasteiger partial charge in [-0.25, -0.2) is 0 Å². The van der Waals surface area contributed by atoms with Crippen LogP contribution in [-0.4, -0.2) is 55.0 Å². The molecule has 110 valence electrons. The molecule has 0 radical (unpaired) electrons. The Morgan fingerprint density at radius 3 is 2.80 bits per heavy atom. The topological polar surface area (TPSA) is 146 Å². The highest BCUT2D eigenvalue weighted by molar-refractivity contribution is 5.24. The van der Waals surface area contributed by atoms with Gasteiger partial charge in [0.1, 0.15) is 24.1 Å². The molecule has 2 rings (SSSR count). The Morgan fingerprint density at radius 2 is 2.30 bits per heavy atom. The van der Waals surface area contributed by atoms with E-state index < -0.39 is 30.6 Å². The first kappa shape index (κ1) is 14.5. The van der Waals surface area contributed by atoms with E-state index in [0.717, 1.165) is 0 Å². The minimum absolute atomic E-state index is 0.0972. The Labute approximate surface area is 113 Å². The summed E-state index contributed by atoms with van der Waals surface area (Å²) in [6.45, 7) is 3.06. The van der Waals surface area contributed by atoms with Crippen molar-refractivity contribution in [3.05, 3.63) is 30.5 Å². The average molecular weight is 284 g/mol. The van der Waals surface area contributed by atoms with Gasteiger partial charge in [-0.2, -0.15) is 4.98 Å². The van der Waals surface area contributed by atoms with Crippen LogP contribution >= 0.6 is 0 Å². The molecule has 0 amide bonds. The standard InChI is InChI=1S/C11H16N4O5/c1-2-11(9(18)8(17)6(5-16)20-11)15-4-3-7(12)13-10(15)14-19/h2-4,6,8-9,16-19H,1,5H2,(H2,12,13,14)/t6-,8-,9-,11-/m1/s1. The molecule has 1 aliphatic heterocycles. The average Bonchev–Trinajstić information content (AvgIpc) is 2.72. The number of hydrogen-bond acceptors (Lipinski definition) is 8. The third-order valence-corrected chi connectivity index (χ3v) is 3.25. The number of anilines is 1. The quantitative estimate of drug-likeness (QED) is 0.238. The predicted molar refractivity (Wildman–Crippen MR) is 66.1 cm³/mol. The molecule has 0 spiro atoms. The van der Waals surface area contributed by atoms with E-state index in [1.54, 1.807) is 0 Å². The number of nitrogens with two attached hydrogens (primary N) is 1. The van der Waals surface area contributed by atoms with Gasteiger partial charge >= 0.3 is 0 Å². The molecule has 6 N–H and O–H groups in total. The zero-order chi connectivity index (χ0) is 14.9. The summed E-state index contributed by atoms with van der Waals surface area (Å²) in [6.07, 6.45) is -1.19. The van der Waals surface area contributed by atoms with Gasteiger partial charge in [-0.15, -0.1) is 0 Å². The first-order chi connectivity index (χ1) is 9.50. The summed E-state index contributed by atoms with van der Waals surface area (Å²) < 4.78 is 6.65. The molecule has 0 unspecified atom stereocenters. The van der Waals surface area contributed by atoms with E-state index in [0.29, 0.717) is 0 Å². The summed E-state index contributed by atoms with van der Waals surface area (Å²) in [5, 5.41) is 41.2. The number of nitrogens with zero attached hydrogens (tertiary/aromatic N) is 3. The Balaban J connectivity index is 2.61. The van der Waals surface area contributed by atoms with Crippen molar-refractivity contribution in [1.82, 2.24) is 9.55 Å². The smallest absolute Gasteiger partial charge is 0.270 e. The van der Waals surface area contributed by atoms with E-state index in [2.05, 4.69) is 16.7 Å². The maximum absolute atomic E-state index is 10.2. The molecule has 9 nitrogen and oxygen atoms in total. The number of nitrogen functional groups attached to an aromatic ring is 1.